The zero-order chi connectivity index (χ0) is 14.1. The number of fused-ring (bicyclic) bond motifs is 1. The van der Waals surface area contributed by atoms with Crippen molar-refractivity contribution in [3.63, 3.8) is 0 Å². The van der Waals surface area contributed by atoms with Crippen molar-refractivity contribution >= 4 is 34.2 Å². The summed E-state index contributed by atoms with van der Waals surface area (Å²) in [7, 11) is 2.20. The summed E-state index contributed by atoms with van der Waals surface area (Å²) in [6.07, 6.45) is 3.33. The molecule has 1 saturated heterocycles. The van der Waals surface area contributed by atoms with Crippen LogP contribution in [0.5, 0.6) is 0 Å². The molecule has 1 aromatic carbocycles. The Kier molecular flexibility index (Phi) is 4.20. The van der Waals surface area contributed by atoms with Gasteiger partial charge in [0.1, 0.15) is 5.82 Å². The number of aryl methyl sites for hydroxylation is 1. The lowest BCUT2D eigenvalue weighted by Crippen LogP contribution is -2.29. The topological polar surface area (TPSA) is 21.1 Å². The second-order valence-corrected chi connectivity index (χ2v) is 6.30. The van der Waals surface area contributed by atoms with E-state index in [0.717, 1.165) is 34.8 Å². The predicted molar refractivity (Wildman–Crippen MR) is 84.8 cm³/mol. The van der Waals surface area contributed by atoms with E-state index in [9.17, 15) is 0 Å². The van der Waals surface area contributed by atoms with Gasteiger partial charge < -0.3 is 9.47 Å². The van der Waals surface area contributed by atoms with Crippen LogP contribution < -0.4 is 0 Å². The molecule has 1 unspecified atom stereocenters. The molecule has 1 aliphatic heterocycles. The average Bonchev–Trinajstić information content (AvgIpc) is 2.96. The van der Waals surface area contributed by atoms with Crippen LogP contribution in [0.3, 0.4) is 0 Å². The van der Waals surface area contributed by atoms with Gasteiger partial charge in [-0.15, -0.1) is 11.6 Å². The molecule has 2 heterocycles. The molecule has 0 N–H and O–H groups in total. The van der Waals surface area contributed by atoms with Crippen LogP contribution >= 0.6 is 23.2 Å². The van der Waals surface area contributed by atoms with Crippen molar-refractivity contribution in [3.05, 3.63) is 29.0 Å². The maximum absolute atomic E-state index is 6.07. The first-order chi connectivity index (χ1) is 9.69. The van der Waals surface area contributed by atoms with Crippen molar-refractivity contribution < 1.29 is 0 Å². The number of likely N-dealkylation sites (N-methyl/N-ethyl adjacent to an activating group) is 1. The predicted octanol–water partition coefficient (Wildman–Crippen LogP) is 3.57. The van der Waals surface area contributed by atoms with Crippen molar-refractivity contribution in [1.82, 2.24) is 14.5 Å². The molecule has 3 rings (SSSR count). The van der Waals surface area contributed by atoms with Gasteiger partial charge in [-0.2, -0.15) is 0 Å². The first-order valence-corrected chi connectivity index (χ1v) is 8.01. The number of benzene rings is 1. The Bertz CT molecular complexity index is 608. The van der Waals surface area contributed by atoms with E-state index in [0.29, 0.717) is 11.9 Å². The Morgan fingerprint density at radius 3 is 2.95 bits per heavy atom. The fraction of sp³-hybridized carbons (Fsp3) is 0.533. The summed E-state index contributed by atoms with van der Waals surface area (Å²) in [5.41, 5.74) is 2.13. The molecule has 1 aliphatic rings. The van der Waals surface area contributed by atoms with Crippen molar-refractivity contribution in [2.75, 3.05) is 19.5 Å². The van der Waals surface area contributed by atoms with Crippen LogP contribution in [0, 0.1) is 0 Å². The highest BCUT2D eigenvalue weighted by molar-refractivity contribution is 6.31. The number of alkyl halides is 1. The van der Waals surface area contributed by atoms with Crippen LogP contribution in [0.2, 0.25) is 5.02 Å². The minimum Gasteiger partial charge on any atom is -0.326 e. The minimum atomic E-state index is 0.595. The Balaban J connectivity index is 1.99. The Morgan fingerprint density at radius 1 is 1.40 bits per heavy atom. The van der Waals surface area contributed by atoms with E-state index in [-0.39, 0.29) is 0 Å². The smallest absolute Gasteiger partial charge is 0.111 e. The molecule has 3 nitrogen and oxygen atoms in total. The van der Waals surface area contributed by atoms with Crippen molar-refractivity contribution in [1.29, 1.82) is 0 Å². The van der Waals surface area contributed by atoms with E-state index < -0.39 is 0 Å². The molecule has 0 aliphatic carbocycles. The third kappa shape index (κ3) is 2.67. The quantitative estimate of drug-likeness (QED) is 0.805. The van der Waals surface area contributed by atoms with Gasteiger partial charge in [0, 0.05) is 29.9 Å². The summed E-state index contributed by atoms with van der Waals surface area (Å²) in [6.45, 7) is 2.18. The highest BCUT2D eigenvalue weighted by Gasteiger charge is 2.23. The zero-order valence-corrected chi connectivity index (χ0v) is 13.2. The first kappa shape index (κ1) is 14.2. The lowest BCUT2D eigenvalue weighted by Gasteiger charge is -2.21. The number of halogens is 2. The summed E-state index contributed by atoms with van der Waals surface area (Å²) >= 11 is 12.0. The summed E-state index contributed by atoms with van der Waals surface area (Å²) in [6, 6.07) is 6.53. The molecule has 2 aromatic rings. The Hall–Kier alpha value is -0.770. The van der Waals surface area contributed by atoms with Gasteiger partial charge in [0.15, 0.2) is 0 Å². The fourth-order valence-electron chi connectivity index (χ4n) is 3.05. The van der Waals surface area contributed by atoms with Gasteiger partial charge in [0.2, 0.25) is 0 Å². The van der Waals surface area contributed by atoms with E-state index in [1.807, 2.05) is 12.1 Å². The number of aromatic nitrogens is 2. The van der Waals surface area contributed by atoms with Gasteiger partial charge in [-0.05, 0) is 44.6 Å². The van der Waals surface area contributed by atoms with Crippen LogP contribution in [-0.4, -0.2) is 40.0 Å². The number of likely N-dealkylation sites (tertiary alicyclic amines) is 1. The zero-order valence-electron chi connectivity index (χ0n) is 11.6. The van der Waals surface area contributed by atoms with E-state index in [1.54, 1.807) is 0 Å². The molecule has 1 atom stereocenters. The number of nitrogens with zero attached hydrogens (tertiary/aromatic N) is 3. The fourth-order valence-corrected chi connectivity index (χ4v) is 3.39. The van der Waals surface area contributed by atoms with E-state index in [2.05, 4.69) is 22.6 Å². The molecular formula is C15H19Cl2N3. The summed E-state index contributed by atoms with van der Waals surface area (Å²) in [5, 5.41) is 0.734. The van der Waals surface area contributed by atoms with Gasteiger partial charge >= 0.3 is 0 Å². The highest BCUT2D eigenvalue weighted by atomic mass is 35.5. The minimum absolute atomic E-state index is 0.595. The molecule has 0 bridgehead atoms. The standard InChI is InChI=1S/C15H19Cl2N3/c1-19-8-2-3-12(19)10-20-14-5-4-11(17)9-13(14)18-15(20)6-7-16/h4-5,9,12H,2-3,6-8,10H2,1H3. The van der Waals surface area contributed by atoms with Crippen LogP contribution in [0.1, 0.15) is 18.7 Å². The molecule has 1 fully saturated rings. The Labute approximate surface area is 129 Å². The van der Waals surface area contributed by atoms with E-state index in [1.165, 1.54) is 19.4 Å². The van der Waals surface area contributed by atoms with E-state index >= 15 is 0 Å². The van der Waals surface area contributed by atoms with Gasteiger partial charge in [0.25, 0.3) is 0 Å². The molecule has 108 valence electrons. The third-order valence-electron chi connectivity index (χ3n) is 4.17. The molecule has 5 heteroatoms. The summed E-state index contributed by atoms with van der Waals surface area (Å²) < 4.78 is 2.32. The highest BCUT2D eigenvalue weighted by Crippen LogP contribution is 2.24. The number of imidazole rings is 1. The second kappa shape index (κ2) is 5.92. The molecule has 1 aromatic heterocycles. The number of rotatable bonds is 4. The lowest BCUT2D eigenvalue weighted by molar-refractivity contribution is 0.282. The van der Waals surface area contributed by atoms with Gasteiger partial charge in [-0.25, -0.2) is 4.98 Å². The second-order valence-electron chi connectivity index (χ2n) is 5.49. The van der Waals surface area contributed by atoms with Crippen molar-refractivity contribution in [3.8, 4) is 0 Å². The Morgan fingerprint density at radius 2 is 2.25 bits per heavy atom. The van der Waals surface area contributed by atoms with E-state index in [4.69, 9.17) is 28.2 Å². The van der Waals surface area contributed by atoms with Crippen molar-refractivity contribution in [2.24, 2.45) is 0 Å². The molecule has 0 saturated carbocycles. The molecule has 20 heavy (non-hydrogen) atoms. The molecular weight excluding hydrogens is 293 g/mol. The van der Waals surface area contributed by atoms with Crippen LogP contribution in [0.25, 0.3) is 11.0 Å². The van der Waals surface area contributed by atoms with Crippen LogP contribution in [0.15, 0.2) is 18.2 Å². The maximum Gasteiger partial charge on any atom is 0.111 e. The molecule has 0 spiro atoms. The normalized spacial score (nSPS) is 20.1. The van der Waals surface area contributed by atoms with Crippen LogP contribution in [0.4, 0.5) is 0 Å². The third-order valence-corrected chi connectivity index (χ3v) is 4.60. The van der Waals surface area contributed by atoms with Gasteiger partial charge in [-0.3, -0.25) is 0 Å². The molecule has 0 radical (unpaired) electrons. The molecule has 0 amide bonds. The monoisotopic (exact) mass is 311 g/mol. The van der Waals surface area contributed by atoms with Crippen LogP contribution in [-0.2, 0) is 13.0 Å². The largest absolute Gasteiger partial charge is 0.326 e. The average molecular weight is 312 g/mol. The lowest BCUT2D eigenvalue weighted by atomic mass is 10.2. The number of hydrogen-bond acceptors (Lipinski definition) is 2. The first-order valence-electron chi connectivity index (χ1n) is 7.10. The van der Waals surface area contributed by atoms with Gasteiger partial charge in [-0.1, -0.05) is 11.6 Å². The van der Waals surface area contributed by atoms with Gasteiger partial charge in [0.05, 0.1) is 11.0 Å². The summed E-state index contributed by atoms with van der Waals surface area (Å²) in [4.78, 5) is 7.14. The summed E-state index contributed by atoms with van der Waals surface area (Å²) in [5.74, 6) is 1.66. The number of hydrogen-bond donors (Lipinski definition) is 0. The SMILES string of the molecule is CN1CCCC1Cn1c(CCCl)nc2cc(Cl)ccc21. The maximum atomic E-state index is 6.07. The van der Waals surface area contributed by atoms with Crippen molar-refractivity contribution in [2.45, 2.75) is 31.8 Å².